The van der Waals surface area contributed by atoms with Crippen molar-refractivity contribution in [2.75, 3.05) is 11.6 Å². The van der Waals surface area contributed by atoms with Gasteiger partial charge in [0, 0.05) is 5.56 Å². The lowest BCUT2D eigenvalue weighted by Crippen LogP contribution is -2.11. The molecule has 0 aliphatic rings. The zero-order valence-corrected chi connectivity index (χ0v) is 16.7. The van der Waals surface area contributed by atoms with Crippen LogP contribution in [0.15, 0.2) is 58.9 Å². The molecule has 0 unspecified atom stereocenters. The normalized spacial score (nSPS) is 11.4. The average Bonchev–Trinajstić information content (AvgIpc) is 3.30. The SMILES string of the molecule is CSc1nc2c(ccc3nc(NC(=O)c4ccc5ccccc5c4)sc32)s1. The molecule has 1 amide bonds. The quantitative estimate of drug-likeness (QED) is 0.371. The number of anilines is 1. The Morgan fingerprint density at radius 1 is 1.00 bits per heavy atom. The van der Waals surface area contributed by atoms with Crippen molar-refractivity contribution < 1.29 is 4.79 Å². The second-order valence-electron chi connectivity index (χ2n) is 5.98. The molecule has 132 valence electrons. The van der Waals surface area contributed by atoms with E-state index in [4.69, 9.17) is 0 Å². The summed E-state index contributed by atoms with van der Waals surface area (Å²) in [5.41, 5.74) is 2.45. The highest BCUT2D eigenvalue weighted by molar-refractivity contribution is 8.00. The van der Waals surface area contributed by atoms with E-state index in [1.807, 2.05) is 60.9 Å². The number of benzene rings is 3. The van der Waals surface area contributed by atoms with Crippen LogP contribution in [0.3, 0.4) is 0 Å². The van der Waals surface area contributed by atoms with E-state index in [9.17, 15) is 4.79 Å². The van der Waals surface area contributed by atoms with Crippen LogP contribution in [-0.4, -0.2) is 22.1 Å². The lowest BCUT2D eigenvalue weighted by Gasteiger charge is -2.03. The number of carbonyl (C=O) groups excluding carboxylic acids is 1. The van der Waals surface area contributed by atoms with E-state index in [0.29, 0.717) is 10.7 Å². The largest absolute Gasteiger partial charge is 0.298 e. The molecule has 0 fully saturated rings. The van der Waals surface area contributed by atoms with Crippen LogP contribution in [0.1, 0.15) is 10.4 Å². The molecule has 0 atom stereocenters. The molecule has 0 aliphatic heterocycles. The van der Waals surface area contributed by atoms with E-state index in [-0.39, 0.29) is 5.91 Å². The number of amides is 1. The maximum absolute atomic E-state index is 12.7. The van der Waals surface area contributed by atoms with Crippen LogP contribution in [-0.2, 0) is 0 Å². The van der Waals surface area contributed by atoms with Gasteiger partial charge in [-0.1, -0.05) is 53.4 Å². The summed E-state index contributed by atoms with van der Waals surface area (Å²) in [5.74, 6) is -0.154. The third-order valence-electron chi connectivity index (χ3n) is 4.30. The van der Waals surface area contributed by atoms with Crippen LogP contribution in [0.2, 0.25) is 0 Å². The molecule has 0 aliphatic carbocycles. The molecule has 3 aromatic carbocycles. The number of carbonyl (C=O) groups is 1. The molecule has 7 heteroatoms. The number of hydrogen-bond acceptors (Lipinski definition) is 6. The molecule has 4 nitrogen and oxygen atoms in total. The van der Waals surface area contributed by atoms with Crippen LogP contribution in [0.25, 0.3) is 31.2 Å². The van der Waals surface area contributed by atoms with Gasteiger partial charge in [0.15, 0.2) is 9.47 Å². The molecule has 27 heavy (non-hydrogen) atoms. The lowest BCUT2D eigenvalue weighted by atomic mass is 10.1. The summed E-state index contributed by atoms with van der Waals surface area (Å²) in [6.07, 6.45) is 2.02. The van der Waals surface area contributed by atoms with Crippen molar-refractivity contribution in [1.29, 1.82) is 0 Å². The topological polar surface area (TPSA) is 54.9 Å². The number of thiazole rings is 2. The zero-order valence-electron chi connectivity index (χ0n) is 14.2. The number of nitrogens with one attached hydrogen (secondary N) is 1. The van der Waals surface area contributed by atoms with Crippen molar-refractivity contribution in [2.24, 2.45) is 0 Å². The molecule has 2 heterocycles. The molecule has 0 spiro atoms. The van der Waals surface area contributed by atoms with E-state index in [1.54, 1.807) is 23.1 Å². The minimum Gasteiger partial charge on any atom is -0.298 e. The summed E-state index contributed by atoms with van der Waals surface area (Å²) in [6.45, 7) is 0. The lowest BCUT2D eigenvalue weighted by molar-refractivity contribution is 0.102. The first-order valence-electron chi connectivity index (χ1n) is 8.25. The number of hydrogen-bond donors (Lipinski definition) is 1. The van der Waals surface area contributed by atoms with Crippen LogP contribution < -0.4 is 5.32 Å². The second kappa shape index (κ2) is 6.60. The van der Waals surface area contributed by atoms with Gasteiger partial charge in [0.25, 0.3) is 5.91 Å². The van der Waals surface area contributed by atoms with Crippen molar-refractivity contribution in [1.82, 2.24) is 9.97 Å². The van der Waals surface area contributed by atoms with E-state index in [1.165, 1.54) is 11.3 Å². The Morgan fingerprint density at radius 3 is 2.70 bits per heavy atom. The van der Waals surface area contributed by atoms with E-state index in [0.717, 1.165) is 35.5 Å². The van der Waals surface area contributed by atoms with Crippen LogP contribution in [0.5, 0.6) is 0 Å². The van der Waals surface area contributed by atoms with Gasteiger partial charge in [0.1, 0.15) is 5.52 Å². The Balaban J connectivity index is 1.50. The molecule has 0 saturated carbocycles. The Bertz CT molecular complexity index is 1320. The minimum atomic E-state index is -0.154. The first kappa shape index (κ1) is 16.7. The predicted molar refractivity (Wildman–Crippen MR) is 116 cm³/mol. The molecule has 2 aromatic heterocycles. The molecular formula is C20H13N3OS3. The Labute approximate surface area is 167 Å². The summed E-state index contributed by atoms with van der Waals surface area (Å²) in [6, 6.07) is 17.7. The number of fused-ring (bicyclic) bond motifs is 4. The molecule has 0 saturated heterocycles. The maximum atomic E-state index is 12.7. The van der Waals surface area contributed by atoms with Gasteiger partial charge in [-0.05, 0) is 41.3 Å². The number of thioether (sulfide) groups is 1. The van der Waals surface area contributed by atoms with Gasteiger partial charge in [-0.15, -0.1) is 11.3 Å². The fourth-order valence-electron chi connectivity index (χ4n) is 3.00. The third-order valence-corrected chi connectivity index (χ3v) is 7.30. The van der Waals surface area contributed by atoms with Crippen LogP contribution >= 0.6 is 34.4 Å². The molecule has 5 rings (SSSR count). The van der Waals surface area contributed by atoms with Crippen molar-refractivity contribution >= 4 is 76.7 Å². The van der Waals surface area contributed by atoms with Gasteiger partial charge in [-0.3, -0.25) is 10.1 Å². The standard InChI is InChI=1S/C20H13N3OS3/c1-25-20-22-16-15(26-20)9-8-14-17(16)27-19(21-14)23-18(24)13-7-6-11-4-2-3-5-12(11)10-13/h2-10H,1H3,(H,21,23,24). The summed E-state index contributed by atoms with van der Waals surface area (Å²) >= 11 is 4.79. The number of nitrogens with zero attached hydrogens (tertiary/aromatic N) is 2. The van der Waals surface area contributed by atoms with E-state index in [2.05, 4.69) is 15.3 Å². The van der Waals surface area contributed by atoms with Crippen LogP contribution in [0.4, 0.5) is 5.13 Å². The van der Waals surface area contributed by atoms with Crippen molar-refractivity contribution in [3.05, 3.63) is 60.2 Å². The zero-order chi connectivity index (χ0) is 18.4. The first-order chi connectivity index (χ1) is 13.2. The fraction of sp³-hybridized carbons (Fsp3) is 0.0500. The molecule has 5 aromatic rings. The molecule has 0 bridgehead atoms. The van der Waals surface area contributed by atoms with Gasteiger partial charge in [-0.25, -0.2) is 9.97 Å². The van der Waals surface area contributed by atoms with Gasteiger partial charge in [0.2, 0.25) is 0 Å². The Kier molecular flexibility index (Phi) is 4.07. The van der Waals surface area contributed by atoms with Crippen molar-refractivity contribution in [3.8, 4) is 0 Å². The van der Waals surface area contributed by atoms with Gasteiger partial charge in [-0.2, -0.15) is 0 Å². The second-order valence-corrected chi connectivity index (χ2v) is 9.06. The van der Waals surface area contributed by atoms with Crippen molar-refractivity contribution in [3.63, 3.8) is 0 Å². The summed E-state index contributed by atoms with van der Waals surface area (Å²) in [7, 11) is 0. The Morgan fingerprint density at radius 2 is 1.85 bits per heavy atom. The highest BCUT2D eigenvalue weighted by Gasteiger charge is 2.14. The third kappa shape index (κ3) is 2.97. The van der Waals surface area contributed by atoms with Crippen LogP contribution in [0, 0.1) is 0 Å². The van der Waals surface area contributed by atoms with Gasteiger partial charge < -0.3 is 0 Å². The number of rotatable bonds is 3. The summed E-state index contributed by atoms with van der Waals surface area (Å²) < 4.78 is 3.19. The maximum Gasteiger partial charge on any atom is 0.257 e. The highest BCUT2D eigenvalue weighted by atomic mass is 32.2. The average molecular weight is 408 g/mol. The minimum absolute atomic E-state index is 0.154. The monoisotopic (exact) mass is 407 g/mol. The van der Waals surface area contributed by atoms with Gasteiger partial charge >= 0.3 is 0 Å². The van der Waals surface area contributed by atoms with E-state index >= 15 is 0 Å². The number of aromatic nitrogens is 2. The first-order valence-corrected chi connectivity index (χ1v) is 11.1. The van der Waals surface area contributed by atoms with Gasteiger partial charge in [0.05, 0.1) is 14.9 Å². The molecule has 0 radical (unpaired) electrons. The smallest absolute Gasteiger partial charge is 0.257 e. The fourth-order valence-corrected chi connectivity index (χ4v) is 5.50. The van der Waals surface area contributed by atoms with E-state index < -0.39 is 0 Å². The predicted octanol–water partition coefficient (Wildman–Crippen LogP) is 6.03. The summed E-state index contributed by atoms with van der Waals surface area (Å²) in [5, 5.41) is 5.69. The molecular weight excluding hydrogens is 394 g/mol. The molecule has 1 N–H and O–H groups in total. The Hall–Kier alpha value is -2.48. The summed E-state index contributed by atoms with van der Waals surface area (Å²) in [4.78, 5) is 21.9. The highest BCUT2D eigenvalue weighted by Crippen LogP contribution is 2.37. The van der Waals surface area contributed by atoms with Crippen molar-refractivity contribution in [2.45, 2.75) is 4.34 Å².